The molecule has 1 N–H and O–H groups in total. The number of hydrogen-bond acceptors (Lipinski definition) is 2. The number of carbonyl (C=O) groups is 1. The summed E-state index contributed by atoms with van der Waals surface area (Å²) in [5.41, 5.74) is 1.38. The van der Waals surface area contributed by atoms with E-state index in [0.29, 0.717) is 0 Å². The van der Waals surface area contributed by atoms with E-state index in [-0.39, 0.29) is 23.5 Å². The summed E-state index contributed by atoms with van der Waals surface area (Å²) in [4.78, 5) is 14.6. The van der Waals surface area contributed by atoms with E-state index in [1.165, 1.54) is 25.7 Å². The van der Waals surface area contributed by atoms with Gasteiger partial charge in [0.2, 0.25) is 5.91 Å². The first kappa shape index (κ1) is 14.9. The van der Waals surface area contributed by atoms with E-state index in [4.69, 9.17) is 11.6 Å². The largest absolute Gasteiger partial charge is 0.321 e. The van der Waals surface area contributed by atoms with Crippen molar-refractivity contribution in [1.82, 2.24) is 10.2 Å². The number of amides is 1. The highest BCUT2D eigenvalue weighted by molar-refractivity contribution is 6.30. The summed E-state index contributed by atoms with van der Waals surface area (Å²) in [5.74, 6) is 0.211. The van der Waals surface area contributed by atoms with Crippen molar-refractivity contribution in [3.8, 4) is 0 Å². The maximum Gasteiger partial charge on any atom is 0.241 e. The van der Waals surface area contributed by atoms with Crippen molar-refractivity contribution in [3.05, 3.63) is 34.9 Å². The van der Waals surface area contributed by atoms with Crippen LogP contribution in [-0.4, -0.2) is 23.4 Å². The van der Waals surface area contributed by atoms with E-state index >= 15 is 0 Å². The third kappa shape index (κ3) is 2.95. The molecule has 3 nitrogen and oxygen atoms in total. The molecule has 0 spiro atoms. The van der Waals surface area contributed by atoms with E-state index < -0.39 is 0 Å². The van der Waals surface area contributed by atoms with Crippen LogP contribution in [0.4, 0.5) is 0 Å². The number of benzene rings is 1. The Bertz CT molecular complexity index is 522. The molecule has 2 aliphatic rings. The molecular weight excluding hydrogens is 284 g/mol. The number of nitrogens with zero attached hydrogens (tertiary/aromatic N) is 1. The fourth-order valence-corrected chi connectivity index (χ4v) is 3.79. The minimum Gasteiger partial charge on any atom is -0.321 e. The Morgan fingerprint density at radius 1 is 1.29 bits per heavy atom. The molecule has 0 radical (unpaired) electrons. The highest BCUT2D eigenvalue weighted by Crippen LogP contribution is 2.40. The minimum atomic E-state index is -0.115. The molecule has 2 unspecified atom stereocenters. The van der Waals surface area contributed by atoms with Gasteiger partial charge in [-0.15, -0.1) is 0 Å². The molecule has 114 valence electrons. The van der Waals surface area contributed by atoms with Gasteiger partial charge in [0.1, 0.15) is 6.17 Å². The fraction of sp³-hybridized carbons (Fsp3) is 0.588. The third-order valence-corrected chi connectivity index (χ3v) is 5.17. The number of halogens is 1. The molecule has 0 bridgehead atoms. The van der Waals surface area contributed by atoms with Crippen molar-refractivity contribution in [1.29, 1.82) is 0 Å². The van der Waals surface area contributed by atoms with Crippen LogP contribution in [0.3, 0.4) is 0 Å². The lowest BCUT2D eigenvalue weighted by Gasteiger charge is -2.33. The minimum absolute atomic E-state index is 0.0257. The lowest BCUT2D eigenvalue weighted by molar-refractivity contribution is -0.131. The Hall–Kier alpha value is -1.06. The number of hydrogen-bond donors (Lipinski definition) is 1. The second kappa shape index (κ2) is 5.62. The van der Waals surface area contributed by atoms with Crippen LogP contribution in [0.15, 0.2) is 24.3 Å². The van der Waals surface area contributed by atoms with E-state index in [1.807, 2.05) is 36.1 Å². The van der Waals surface area contributed by atoms with E-state index in [0.717, 1.165) is 17.1 Å². The van der Waals surface area contributed by atoms with Gasteiger partial charge in [-0.05, 0) is 42.9 Å². The van der Waals surface area contributed by atoms with Gasteiger partial charge >= 0.3 is 0 Å². The molecule has 1 amide bonds. The summed E-state index contributed by atoms with van der Waals surface area (Å²) in [7, 11) is 0. The zero-order valence-corrected chi connectivity index (χ0v) is 13.5. The van der Waals surface area contributed by atoms with Crippen LogP contribution >= 0.6 is 11.6 Å². The summed E-state index contributed by atoms with van der Waals surface area (Å²) in [6.07, 6.45) is 4.99. The molecule has 1 aliphatic carbocycles. The van der Waals surface area contributed by atoms with Crippen LogP contribution in [0, 0.1) is 5.41 Å². The van der Waals surface area contributed by atoms with Crippen LogP contribution in [0.25, 0.3) is 0 Å². The van der Waals surface area contributed by atoms with Crippen molar-refractivity contribution >= 4 is 17.5 Å². The first-order chi connectivity index (χ1) is 9.98. The highest BCUT2D eigenvalue weighted by Gasteiger charge is 2.41. The van der Waals surface area contributed by atoms with Crippen LogP contribution in [-0.2, 0) is 4.79 Å². The molecule has 2 fully saturated rings. The maximum atomic E-state index is 12.5. The molecule has 21 heavy (non-hydrogen) atoms. The summed E-state index contributed by atoms with van der Waals surface area (Å²) in [6.45, 7) is 5.11. The standard InChI is InChI=1S/C17H23ClN2O/c1-12-16(21)20(11-17(2)9-3-4-10-17)15(19-12)13-5-7-14(18)8-6-13/h5-8,12,15,19H,3-4,9-11H2,1-2H3. The lowest BCUT2D eigenvalue weighted by atomic mass is 9.88. The SMILES string of the molecule is CC1NC(c2ccc(Cl)cc2)N(CC2(C)CCCC2)C1=O. The number of carbonyl (C=O) groups excluding carboxylic acids is 1. The second-order valence-corrected chi connectivity index (χ2v) is 7.26. The molecule has 1 aromatic rings. The van der Waals surface area contributed by atoms with Gasteiger partial charge in [-0.3, -0.25) is 10.1 Å². The fourth-order valence-electron chi connectivity index (χ4n) is 3.66. The van der Waals surface area contributed by atoms with Gasteiger partial charge < -0.3 is 4.90 Å². The van der Waals surface area contributed by atoms with Gasteiger partial charge in [0.15, 0.2) is 0 Å². The quantitative estimate of drug-likeness (QED) is 0.922. The molecule has 1 saturated carbocycles. The molecule has 3 rings (SSSR count). The first-order valence-electron chi connectivity index (χ1n) is 7.81. The van der Waals surface area contributed by atoms with Gasteiger partial charge in [-0.2, -0.15) is 0 Å². The lowest BCUT2D eigenvalue weighted by Crippen LogP contribution is -2.38. The summed E-state index contributed by atoms with van der Waals surface area (Å²) in [6, 6.07) is 7.68. The Balaban J connectivity index is 1.84. The van der Waals surface area contributed by atoms with Gasteiger partial charge in [-0.25, -0.2) is 0 Å². The predicted molar refractivity (Wildman–Crippen MR) is 85.1 cm³/mol. The van der Waals surface area contributed by atoms with Crippen molar-refractivity contribution in [2.45, 2.75) is 51.7 Å². The summed E-state index contributed by atoms with van der Waals surface area (Å²) >= 11 is 5.97. The van der Waals surface area contributed by atoms with Crippen molar-refractivity contribution < 1.29 is 4.79 Å². The van der Waals surface area contributed by atoms with Crippen molar-refractivity contribution in [2.75, 3.05) is 6.54 Å². The third-order valence-electron chi connectivity index (χ3n) is 4.92. The maximum absolute atomic E-state index is 12.5. The van der Waals surface area contributed by atoms with E-state index in [2.05, 4.69) is 12.2 Å². The average Bonchev–Trinajstić information content (AvgIpc) is 2.99. The normalized spacial score (nSPS) is 28.3. The molecule has 2 atom stereocenters. The molecule has 1 aromatic carbocycles. The molecule has 1 heterocycles. The van der Waals surface area contributed by atoms with E-state index in [9.17, 15) is 4.79 Å². The van der Waals surface area contributed by atoms with Crippen LogP contribution < -0.4 is 5.32 Å². The average molecular weight is 307 g/mol. The van der Waals surface area contributed by atoms with Crippen LogP contribution in [0.2, 0.25) is 5.02 Å². The van der Waals surface area contributed by atoms with Gasteiger partial charge in [0.25, 0.3) is 0 Å². The summed E-state index contributed by atoms with van der Waals surface area (Å²) < 4.78 is 0. The zero-order valence-electron chi connectivity index (χ0n) is 12.7. The summed E-state index contributed by atoms with van der Waals surface area (Å²) in [5, 5.41) is 4.14. The second-order valence-electron chi connectivity index (χ2n) is 6.83. The highest BCUT2D eigenvalue weighted by atomic mass is 35.5. The first-order valence-corrected chi connectivity index (χ1v) is 8.18. The molecule has 1 saturated heterocycles. The Kier molecular flexibility index (Phi) is 3.98. The molecule has 0 aromatic heterocycles. The Morgan fingerprint density at radius 2 is 1.90 bits per heavy atom. The van der Waals surface area contributed by atoms with E-state index in [1.54, 1.807) is 0 Å². The van der Waals surface area contributed by atoms with Gasteiger partial charge in [-0.1, -0.05) is 43.5 Å². The predicted octanol–water partition coefficient (Wildman–Crippen LogP) is 3.74. The zero-order chi connectivity index (χ0) is 15.0. The topological polar surface area (TPSA) is 32.3 Å². The molecule has 4 heteroatoms. The Morgan fingerprint density at radius 3 is 2.52 bits per heavy atom. The smallest absolute Gasteiger partial charge is 0.241 e. The Labute approximate surface area is 131 Å². The van der Waals surface area contributed by atoms with Crippen LogP contribution in [0.5, 0.6) is 0 Å². The van der Waals surface area contributed by atoms with Crippen molar-refractivity contribution in [3.63, 3.8) is 0 Å². The number of nitrogens with one attached hydrogen (secondary N) is 1. The number of rotatable bonds is 3. The monoisotopic (exact) mass is 306 g/mol. The van der Waals surface area contributed by atoms with Crippen molar-refractivity contribution in [2.24, 2.45) is 5.41 Å². The molecule has 1 aliphatic heterocycles. The molecular formula is C17H23ClN2O. The van der Waals surface area contributed by atoms with Gasteiger partial charge in [0, 0.05) is 11.6 Å². The van der Waals surface area contributed by atoms with Crippen LogP contribution in [0.1, 0.15) is 51.3 Å². The van der Waals surface area contributed by atoms with Gasteiger partial charge in [0.05, 0.1) is 6.04 Å².